The van der Waals surface area contributed by atoms with Gasteiger partial charge < -0.3 is 5.11 Å². The Kier molecular flexibility index (Phi) is 3.33. The van der Waals surface area contributed by atoms with Crippen LogP contribution in [-0.4, -0.2) is 11.2 Å². The Bertz CT molecular complexity index is 283. The molecule has 14 heavy (non-hydrogen) atoms. The van der Waals surface area contributed by atoms with Gasteiger partial charge in [0.1, 0.15) is 0 Å². The Morgan fingerprint density at radius 1 is 1.21 bits per heavy atom. The summed E-state index contributed by atoms with van der Waals surface area (Å²) in [5, 5.41) is 9.40. The lowest BCUT2D eigenvalue weighted by Crippen LogP contribution is -2.22. The van der Waals surface area contributed by atoms with E-state index in [0.29, 0.717) is 0 Å². The third kappa shape index (κ3) is 2.85. The van der Waals surface area contributed by atoms with E-state index in [1.807, 2.05) is 6.92 Å². The molecule has 0 saturated carbocycles. The Hall–Kier alpha value is -0.820. The van der Waals surface area contributed by atoms with Crippen molar-refractivity contribution in [3.05, 3.63) is 35.4 Å². The topological polar surface area (TPSA) is 20.2 Å². The Labute approximate surface area is 86.8 Å². The number of benzene rings is 1. The van der Waals surface area contributed by atoms with Gasteiger partial charge in [-0.2, -0.15) is 0 Å². The van der Waals surface area contributed by atoms with Crippen LogP contribution in [0.2, 0.25) is 0 Å². The normalized spacial score (nSPS) is 14.1. The average Bonchev–Trinajstić information content (AvgIpc) is 2.02. The van der Waals surface area contributed by atoms with E-state index in [9.17, 15) is 5.11 Å². The molecule has 0 aliphatic heterocycles. The molecule has 0 bridgehead atoms. The summed E-state index contributed by atoms with van der Waals surface area (Å²) in [6, 6.07) is 8.55. The minimum Gasteiger partial charge on any atom is -0.393 e. The second-order valence-electron chi connectivity index (χ2n) is 4.80. The first kappa shape index (κ1) is 11.3. The van der Waals surface area contributed by atoms with Gasteiger partial charge in [-0.15, -0.1) is 0 Å². The SMILES string of the molecule is Cc1ccc(C(C)(C)CC(C)O)cc1. The predicted molar refractivity (Wildman–Crippen MR) is 60.5 cm³/mol. The van der Waals surface area contributed by atoms with E-state index in [0.717, 1.165) is 6.42 Å². The number of hydrogen-bond donors (Lipinski definition) is 1. The molecule has 0 saturated heterocycles. The summed E-state index contributed by atoms with van der Waals surface area (Å²) in [7, 11) is 0. The summed E-state index contributed by atoms with van der Waals surface area (Å²) in [6.07, 6.45) is 0.557. The second-order valence-corrected chi connectivity index (χ2v) is 4.80. The summed E-state index contributed by atoms with van der Waals surface area (Å²) in [5.41, 5.74) is 2.63. The van der Waals surface area contributed by atoms with E-state index in [1.165, 1.54) is 11.1 Å². The van der Waals surface area contributed by atoms with Gasteiger partial charge in [0.05, 0.1) is 6.10 Å². The van der Waals surface area contributed by atoms with Gasteiger partial charge in [0.2, 0.25) is 0 Å². The first-order chi connectivity index (χ1) is 6.42. The van der Waals surface area contributed by atoms with Crippen molar-refractivity contribution in [3.8, 4) is 0 Å². The minimum atomic E-state index is -0.244. The van der Waals surface area contributed by atoms with E-state index >= 15 is 0 Å². The van der Waals surface area contributed by atoms with Crippen LogP contribution in [0, 0.1) is 6.92 Å². The van der Waals surface area contributed by atoms with Crippen LogP contribution in [0.5, 0.6) is 0 Å². The molecule has 0 fully saturated rings. The van der Waals surface area contributed by atoms with Crippen molar-refractivity contribution in [3.63, 3.8) is 0 Å². The average molecular weight is 192 g/mol. The zero-order chi connectivity index (χ0) is 10.8. The van der Waals surface area contributed by atoms with Gasteiger partial charge >= 0.3 is 0 Å². The number of hydrogen-bond acceptors (Lipinski definition) is 1. The molecule has 1 nitrogen and oxygen atoms in total. The Morgan fingerprint density at radius 2 is 1.71 bits per heavy atom. The van der Waals surface area contributed by atoms with E-state index in [1.54, 1.807) is 0 Å². The van der Waals surface area contributed by atoms with Crippen LogP contribution in [0.3, 0.4) is 0 Å². The molecule has 1 unspecified atom stereocenters. The summed E-state index contributed by atoms with van der Waals surface area (Å²) < 4.78 is 0. The molecule has 0 aliphatic rings. The lowest BCUT2D eigenvalue weighted by atomic mass is 9.80. The maximum Gasteiger partial charge on any atom is 0.0520 e. The first-order valence-corrected chi connectivity index (χ1v) is 5.17. The van der Waals surface area contributed by atoms with Crippen LogP contribution in [0.25, 0.3) is 0 Å². The molecule has 0 aromatic heterocycles. The molecule has 1 heteroatoms. The largest absolute Gasteiger partial charge is 0.393 e. The molecule has 0 amide bonds. The highest BCUT2D eigenvalue weighted by atomic mass is 16.3. The molecule has 0 radical (unpaired) electrons. The van der Waals surface area contributed by atoms with Gasteiger partial charge in [0.25, 0.3) is 0 Å². The fraction of sp³-hybridized carbons (Fsp3) is 0.538. The third-order valence-electron chi connectivity index (χ3n) is 2.64. The maximum atomic E-state index is 9.40. The molecule has 0 heterocycles. The van der Waals surface area contributed by atoms with Gasteiger partial charge in [-0.05, 0) is 31.2 Å². The molecule has 1 atom stereocenters. The van der Waals surface area contributed by atoms with Gasteiger partial charge in [-0.3, -0.25) is 0 Å². The molecular weight excluding hydrogens is 172 g/mol. The van der Waals surface area contributed by atoms with E-state index < -0.39 is 0 Å². The molecule has 1 aromatic rings. The van der Waals surface area contributed by atoms with Gasteiger partial charge in [-0.1, -0.05) is 43.7 Å². The van der Waals surface area contributed by atoms with Crippen molar-refractivity contribution in [1.29, 1.82) is 0 Å². The number of aliphatic hydroxyl groups excluding tert-OH is 1. The quantitative estimate of drug-likeness (QED) is 0.780. The molecule has 0 aliphatic carbocycles. The highest BCUT2D eigenvalue weighted by molar-refractivity contribution is 5.27. The summed E-state index contributed by atoms with van der Waals surface area (Å²) in [6.45, 7) is 8.27. The predicted octanol–water partition coefficient (Wildman–Crippen LogP) is 3.04. The lowest BCUT2D eigenvalue weighted by Gasteiger charge is -2.26. The number of rotatable bonds is 3. The number of aryl methyl sites for hydroxylation is 1. The highest BCUT2D eigenvalue weighted by Crippen LogP contribution is 2.28. The van der Waals surface area contributed by atoms with Gasteiger partial charge in [-0.25, -0.2) is 0 Å². The standard InChI is InChI=1S/C13H20O/c1-10-5-7-12(8-6-10)13(3,4)9-11(2)14/h5-8,11,14H,9H2,1-4H3. The highest BCUT2D eigenvalue weighted by Gasteiger charge is 2.22. The minimum absolute atomic E-state index is 0.0574. The third-order valence-corrected chi connectivity index (χ3v) is 2.64. The summed E-state index contributed by atoms with van der Waals surface area (Å²) >= 11 is 0. The van der Waals surface area contributed by atoms with Crippen molar-refractivity contribution in [2.45, 2.75) is 45.6 Å². The van der Waals surface area contributed by atoms with Crippen LogP contribution in [0.15, 0.2) is 24.3 Å². The Morgan fingerprint density at radius 3 is 2.14 bits per heavy atom. The molecular formula is C13H20O. The molecule has 1 N–H and O–H groups in total. The van der Waals surface area contributed by atoms with Crippen LogP contribution in [0.1, 0.15) is 38.3 Å². The number of aliphatic hydroxyl groups is 1. The zero-order valence-corrected chi connectivity index (χ0v) is 9.54. The van der Waals surface area contributed by atoms with E-state index in [2.05, 4.69) is 45.0 Å². The summed E-state index contributed by atoms with van der Waals surface area (Å²) in [5.74, 6) is 0. The summed E-state index contributed by atoms with van der Waals surface area (Å²) in [4.78, 5) is 0. The first-order valence-electron chi connectivity index (χ1n) is 5.17. The molecule has 78 valence electrons. The van der Waals surface area contributed by atoms with Crippen LogP contribution in [-0.2, 0) is 5.41 Å². The van der Waals surface area contributed by atoms with Crippen LogP contribution in [0.4, 0.5) is 0 Å². The maximum absolute atomic E-state index is 9.40. The van der Waals surface area contributed by atoms with Crippen LogP contribution >= 0.6 is 0 Å². The Balaban J connectivity index is 2.86. The zero-order valence-electron chi connectivity index (χ0n) is 9.54. The van der Waals surface area contributed by atoms with Gasteiger partial charge in [0, 0.05) is 0 Å². The fourth-order valence-corrected chi connectivity index (χ4v) is 1.86. The van der Waals surface area contributed by atoms with Crippen LogP contribution < -0.4 is 0 Å². The molecule has 0 spiro atoms. The van der Waals surface area contributed by atoms with E-state index in [-0.39, 0.29) is 11.5 Å². The van der Waals surface area contributed by atoms with Crippen molar-refractivity contribution < 1.29 is 5.11 Å². The monoisotopic (exact) mass is 192 g/mol. The lowest BCUT2D eigenvalue weighted by molar-refractivity contribution is 0.157. The molecule has 1 rings (SSSR count). The van der Waals surface area contributed by atoms with Crippen molar-refractivity contribution in [1.82, 2.24) is 0 Å². The molecule has 1 aromatic carbocycles. The van der Waals surface area contributed by atoms with Crippen molar-refractivity contribution in [2.24, 2.45) is 0 Å². The fourth-order valence-electron chi connectivity index (χ4n) is 1.86. The van der Waals surface area contributed by atoms with Crippen molar-refractivity contribution >= 4 is 0 Å². The smallest absolute Gasteiger partial charge is 0.0520 e. The second kappa shape index (κ2) is 4.14. The van der Waals surface area contributed by atoms with Gasteiger partial charge in [0.15, 0.2) is 0 Å². The van der Waals surface area contributed by atoms with E-state index in [4.69, 9.17) is 0 Å². The van der Waals surface area contributed by atoms with Crippen molar-refractivity contribution in [2.75, 3.05) is 0 Å².